The second-order valence-corrected chi connectivity index (χ2v) is 5.80. The lowest BCUT2D eigenvalue weighted by atomic mass is 10.1. The Bertz CT molecular complexity index is 532. The standard InChI is InChI=1S/C13H21N3OS/c1-8(6-17)10(3)14-5-12-11(4)15-13-16(12)9(2)7-18-13/h7-8,10,14,17H,5-6H2,1-4H3. The largest absolute Gasteiger partial charge is 0.396 e. The zero-order chi connectivity index (χ0) is 13.3. The Labute approximate surface area is 112 Å². The minimum atomic E-state index is 0.215. The van der Waals surface area contributed by atoms with Gasteiger partial charge in [0.15, 0.2) is 4.96 Å². The number of imidazole rings is 1. The van der Waals surface area contributed by atoms with Crippen molar-refractivity contribution in [2.24, 2.45) is 5.92 Å². The molecule has 0 aliphatic heterocycles. The number of hydrogen-bond acceptors (Lipinski definition) is 4. The number of nitrogens with one attached hydrogen (secondary N) is 1. The number of aliphatic hydroxyl groups is 1. The molecule has 0 saturated heterocycles. The highest BCUT2D eigenvalue weighted by Crippen LogP contribution is 2.20. The zero-order valence-electron chi connectivity index (χ0n) is 11.4. The van der Waals surface area contributed by atoms with Crippen LogP contribution in [0.25, 0.3) is 4.96 Å². The second kappa shape index (κ2) is 5.38. The topological polar surface area (TPSA) is 49.6 Å². The van der Waals surface area contributed by atoms with Crippen LogP contribution in [-0.4, -0.2) is 27.1 Å². The van der Waals surface area contributed by atoms with E-state index in [1.807, 2.05) is 6.92 Å². The van der Waals surface area contributed by atoms with E-state index in [-0.39, 0.29) is 12.5 Å². The molecule has 0 bridgehead atoms. The van der Waals surface area contributed by atoms with Crippen molar-refractivity contribution in [1.29, 1.82) is 0 Å². The smallest absolute Gasteiger partial charge is 0.194 e. The Hall–Kier alpha value is -0.910. The summed E-state index contributed by atoms with van der Waals surface area (Å²) in [6.45, 7) is 9.31. The molecule has 0 aliphatic carbocycles. The van der Waals surface area contributed by atoms with E-state index in [9.17, 15) is 0 Å². The minimum Gasteiger partial charge on any atom is -0.396 e. The molecule has 2 N–H and O–H groups in total. The van der Waals surface area contributed by atoms with Crippen LogP contribution in [0.1, 0.15) is 30.9 Å². The number of nitrogens with zero attached hydrogens (tertiary/aromatic N) is 2. The van der Waals surface area contributed by atoms with Gasteiger partial charge in [-0.15, -0.1) is 11.3 Å². The fraction of sp³-hybridized carbons (Fsp3) is 0.615. The summed E-state index contributed by atoms with van der Waals surface area (Å²) in [5.74, 6) is 0.261. The van der Waals surface area contributed by atoms with E-state index in [2.05, 4.69) is 40.9 Å². The molecule has 100 valence electrons. The van der Waals surface area contributed by atoms with Crippen LogP contribution >= 0.6 is 11.3 Å². The summed E-state index contributed by atoms with van der Waals surface area (Å²) in [6, 6.07) is 0.291. The number of hydrogen-bond donors (Lipinski definition) is 2. The SMILES string of the molecule is Cc1nc2scc(C)n2c1CNC(C)C(C)CO. The lowest BCUT2D eigenvalue weighted by Gasteiger charge is -2.19. The number of fused-ring (bicyclic) bond motifs is 1. The summed E-state index contributed by atoms with van der Waals surface area (Å²) >= 11 is 1.68. The molecule has 2 aromatic rings. The van der Waals surface area contributed by atoms with Gasteiger partial charge in [0.2, 0.25) is 0 Å². The van der Waals surface area contributed by atoms with Gasteiger partial charge in [0.1, 0.15) is 0 Å². The summed E-state index contributed by atoms with van der Waals surface area (Å²) in [5, 5.41) is 14.7. The predicted octanol–water partition coefficient (Wildman–Crippen LogP) is 2.12. The van der Waals surface area contributed by atoms with Gasteiger partial charge in [-0.1, -0.05) is 6.92 Å². The first-order chi connectivity index (χ1) is 8.54. The molecular formula is C13H21N3OS. The average Bonchev–Trinajstić information content (AvgIpc) is 2.85. The Balaban J connectivity index is 2.16. The molecule has 5 heteroatoms. The molecule has 0 fully saturated rings. The fourth-order valence-electron chi connectivity index (χ4n) is 1.99. The molecule has 0 aliphatic rings. The molecule has 2 unspecified atom stereocenters. The first-order valence-electron chi connectivity index (χ1n) is 6.30. The molecule has 2 aromatic heterocycles. The predicted molar refractivity (Wildman–Crippen MR) is 75.1 cm³/mol. The van der Waals surface area contributed by atoms with Crippen molar-refractivity contribution < 1.29 is 5.11 Å². The number of aliphatic hydroxyl groups excluding tert-OH is 1. The number of aryl methyl sites for hydroxylation is 2. The third kappa shape index (κ3) is 2.43. The molecule has 0 saturated carbocycles. The highest BCUT2D eigenvalue weighted by atomic mass is 32.1. The van der Waals surface area contributed by atoms with Crippen LogP contribution < -0.4 is 5.32 Å². The summed E-state index contributed by atoms with van der Waals surface area (Å²) in [5.41, 5.74) is 3.54. The molecule has 2 atom stereocenters. The van der Waals surface area contributed by atoms with Gasteiger partial charge in [0.05, 0.1) is 11.4 Å². The summed E-state index contributed by atoms with van der Waals surface area (Å²) in [6.07, 6.45) is 0. The van der Waals surface area contributed by atoms with Crippen LogP contribution in [0.3, 0.4) is 0 Å². The van der Waals surface area contributed by atoms with Crippen molar-refractivity contribution in [3.63, 3.8) is 0 Å². The fourth-order valence-corrected chi connectivity index (χ4v) is 2.92. The maximum atomic E-state index is 9.14. The van der Waals surface area contributed by atoms with E-state index in [0.29, 0.717) is 6.04 Å². The van der Waals surface area contributed by atoms with E-state index in [0.717, 1.165) is 17.2 Å². The van der Waals surface area contributed by atoms with Crippen molar-refractivity contribution >= 4 is 16.3 Å². The first kappa shape index (κ1) is 13.5. The number of aromatic nitrogens is 2. The van der Waals surface area contributed by atoms with E-state index < -0.39 is 0 Å². The quantitative estimate of drug-likeness (QED) is 0.872. The van der Waals surface area contributed by atoms with Gasteiger partial charge in [-0.3, -0.25) is 4.40 Å². The third-order valence-electron chi connectivity index (χ3n) is 3.56. The van der Waals surface area contributed by atoms with Gasteiger partial charge in [-0.05, 0) is 26.7 Å². The van der Waals surface area contributed by atoms with Crippen LogP contribution in [0.15, 0.2) is 5.38 Å². The molecule has 2 heterocycles. The lowest BCUT2D eigenvalue weighted by molar-refractivity contribution is 0.206. The molecular weight excluding hydrogens is 246 g/mol. The Morgan fingerprint density at radius 2 is 2.17 bits per heavy atom. The van der Waals surface area contributed by atoms with Gasteiger partial charge in [0.25, 0.3) is 0 Å². The molecule has 4 nitrogen and oxygen atoms in total. The average molecular weight is 267 g/mol. The van der Waals surface area contributed by atoms with Crippen molar-refractivity contribution in [2.75, 3.05) is 6.61 Å². The van der Waals surface area contributed by atoms with Gasteiger partial charge < -0.3 is 10.4 Å². The van der Waals surface area contributed by atoms with Crippen molar-refractivity contribution in [2.45, 2.75) is 40.3 Å². The summed E-state index contributed by atoms with van der Waals surface area (Å²) < 4.78 is 2.21. The van der Waals surface area contributed by atoms with Crippen LogP contribution in [0, 0.1) is 19.8 Å². The third-order valence-corrected chi connectivity index (χ3v) is 4.51. The highest BCUT2D eigenvalue weighted by molar-refractivity contribution is 7.15. The van der Waals surface area contributed by atoms with Crippen LogP contribution in [0.2, 0.25) is 0 Å². The lowest BCUT2D eigenvalue weighted by Crippen LogP contribution is -2.33. The first-order valence-corrected chi connectivity index (χ1v) is 7.18. The summed E-state index contributed by atoms with van der Waals surface area (Å²) in [7, 11) is 0. The normalized spacial score (nSPS) is 15.2. The highest BCUT2D eigenvalue weighted by Gasteiger charge is 2.15. The van der Waals surface area contributed by atoms with E-state index in [4.69, 9.17) is 5.11 Å². The van der Waals surface area contributed by atoms with Crippen LogP contribution in [-0.2, 0) is 6.54 Å². The maximum absolute atomic E-state index is 9.14. The maximum Gasteiger partial charge on any atom is 0.194 e. The Kier molecular flexibility index (Phi) is 4.04. The van der Waals surface area contributed by atoms with Gasteiger partial charge in [0, 0.05) is 30.3 Å². The van der Waals surface area contributed by atoms with E-state index >= 15 is 0 Å². The van der Waals surface area contributed by atoms with Crippen LogP contribution in [0.5, 0.6) is 0 Å². The van der Waals surface area contributed by atoms with Crippen molar-refractivity contribution in [3.8, 4) is 0 Å². The second-order valence-electron chi connectivity index (χ2n) is 4.97. The number of thiazole rings is 1. The van der Waals surface area contributed by atoms with Gasteiger partial charge >= 0.3 is 0 Å². The molecule has 0 spiro atoms. The Morgan fingerprint density at radius 3 is 2.83 bits per heavy atom. The molecule has 0 aromatic carbocycles. The molecule has 2 rings (SSSR count). The van der Waals surface area contributed by atoms with Crippen LogP contribution in [0.4, 0.5) is 0 Å². The van der Waals surface area contributed by atoms with Gasteiger partial charge in [-0.2, -0.15) is 0 Å². The molecule has 0 amide bonds. The monoisotopic (exact) mass is 267 g/mol. The Morgan fingerprint density at radius 1 is 1.44 bits per heavy atom. The van der Waals surface area contributed by atoms with E-state index in [1.165, 1.54) is 11.4 Å². The minimum absolute atomic E-state index is 0.215. The van der Waals surface area contributed by atoms with Crippen molar-refractivity contribution in [1.82, 2.24) is 14.7 Å². The summed E-state index contributed by atoms with van der Waals surface area (Å²) in [4.78, 5) is 5.63. The van der Waals surface area contributed by atoms with E-state index in [1.54, 1.807) is 11.3 Å². The van der Waals surface area contributed by atoms with Gasteiger partial charge in [-0.25, -0.2) is 4.98 Å². The number of rotatable bonds is 5. The molecule has 0 radical (unpaired) electrons. The molecule has 18 heavy (non-hydrogen) atoms. The van der Waals surface area contributed by atoms with Crippen molar-refractivity contribution in [3.05, 3.63) is 22.5 Å². The zero-order valence-corrected chi connectivity index (χ0v) is 12.2.